The first-order valence-corrected chi connectivity index (χ1v) is 10.3. The van der Waals surface area contributed by atoms with Crippen LogP contribution >= 0.6 is 39.0 Å². The molecule has 0 fully saturated rings. The fraction of sp³-hybridized carbons (Fsp3) is 0.0556. The van der Waals surface area contributed by atoms with Gasteiger partial charge in [-0.1, -0.05) is 52.0 Å². The summed E-state index contributed by atoms with van der Waals surface area (Å²) in [4.78, 5) is 21.0. The van der Waals surface area contributed by atoms with Crippen molar-refractivity contribution in [2.45, 2.75) is 5.22 Å². The van der Waals surface area contributed by atoms with Crippen LogP contribution in [0.25, 0.3) is 22.4 Å². The number of carbonyl (C=O) groups is 1. The zero-order valence-corrected chi connectivity index (χ0v) is 16.5. The van der Waals surface area contributed by atoms with Gasteiger partial charge in [0.1, 0.15) is 5.52 Å². The maximum atomic E-state index is 12.2. The molecule has 130 valence electrons. The number of nitrogens with one attached hydrogen (secondary N) is 1. The van der Waals surface area contributed by atoms with Crippen molar-refractivity contribution in [1.82, 2.24) is 9.97 Å². The summed E-state index contributed by atoms with van der Waals surface area (Å²) in [6, 6.07) is 15.4. The number of amides is 1. The van der Waals surface area contributed by atoms with Gasteiger partial charge in [-0.3, -0.25) is 4.79 Å². The van der Waals surface area contributed by atoms with E-state index in [2.05, 4.69) is 31.2 Å². The van der Waals surface area contributed by atoms with Crippen molar-refractivity contribution in [2.24, 2.45) is 0 Å². The Kier molecular flexibility index (Phi) is 5.05. The van der Waals surface area contributed by atoms with Gasteiger partial charge in [-0.05, 0) is 24.3 Å². The van der Waals surface area contributed by atoms with Crippen LogP contribution in [0.1, 0.15) is 0 Å². The minimum absolute atomic E-state index is 0.146. The first-order chi connectivity index (χ1) is 12.7. The normalized spacial score (nSPS) is 11.0. The maximum absolute atomic E-state index is 12.2. The summed E-state index contributed by atoms with van der Waals surface area (Å²) in [5.41, 5.74) is 3.33. The zero-order chi connectivity index (χ0) is 17.9. The molecule has 0 bridgehead atoms. The number of hydrogen-bond donors (Lipinski definition) is 1. The predicted octanol–water partition coefficient (Wildman–Crippen LogP) is 5.44. The summed E-state index contributed by atoms with van der Waals surface area (Å²) < 4.78 is 6.59. The molecule has 8 heteroatoms. The molecule has 0 saturated heterocycles. The predicted molar refractivity (Wildman–Crippen MR) is 109 cm³/mol. The van der Waals surface area contributed by atoms with E-state index >= 15 is 0 Å². The van der Waals surface area contributed by atoms with Gasteiger partial charge < -0.3 is 9.73 Å². The molecule has 2 aromatic heterocycles. The lowest BCUT2D eigenvalue weighted by Gasteiger charge is -2.00. The highest BCUT2D eigenvalue weighted by Crippen LogP contribution is 2.27. The van der Waals surface area contributed by atoms with Crippen LogP contribution < -0.4 is 5.32 Å². The fourth-order valence-corrected chi connectivity index (χ4v) is 4.08. The first kappa shape index (κ1) is 17.3. The number of aromatic nitrogens is 2. The fourth-order valence-electron chi connectivity index (χ4n) is 2.31. The second-order valence-electron chi connectivity index (χ2n) is 5.33. The molecule has 0 atom stereocenters. The molecule has 26 heavy (non-hydrogen) atoms. The van der Waals surface area contributed by atoms with Crippen molar-refractivity contribution in [3.8, 4) is 11.3 Å². The highest BCUT2D eigenvalue weighted by molar-refractivity contribution is 9.10. The van der Waals surface area contributed by atoms with Crippen LogP contribution in [0, 0.1) is 0 Å². The highest BCUT2D eigenvalue weighted by atomic mass is 79.9. The summed E-state index contributed by atoms with van der Waals surface area (Å²) in [7, 11) is 0. The molecule has 5 nitrogen and oxygen atoms in total. The maximum Gasteiger partial charge on any atom is 0.257 e. The van der Waals surface area contributed by atoms with Crippen molar-refractivity contribution in [2.75, 3.05) is 11.1 Å². The Morgan fingerprint density at radius 3 is 2.92 bits per heavy atom. The standard InChI is InChI=1S/C18H12BrN3O2S2/c19-12-5-3-4-11(8-12)14-9-25-17(20-14)22-16(23)10-26-18-21-13-6-1-2-7-15(13)24-18/h1-9H,10H2,(H,20,22,23). The topological polar surface area (TPSA) is 68.0 Å². The third-order valence-electron chi connectivity index (χ3n) is 3.47. The Hall–Kier alpha value is -2.16. The van der Waals surface area contributed by atoms with Gasteiger partial charge in [0.25, 0.3) is 5.22 Å². The minimum Gasteiger partial charge on any atom is -0.431 e. The largest absolute Gasteiger partial charge is 0.431 e. The van der Waals surface area contributed by atoms with Crippen molar-refractivity contribution in [1.29, 1.82) is 0 Å². The lowest BCUT2D eigenvalue weighted by molar-refractivity contribution is -0.113. The lowest BCUT2D eigenvalue weighted by atomic mass is 10.2. The average molecular weight is 446 g/mol. The number of oxazole rings is 1. The third-order valence-corrected chi connectivity index (χ3v) is 5.55. The smallest absolute Gasteiger partial charge is 0.257 e. The highest BCUT2D eigenvalue weighted by Gasteiger charge is 2.11. The number of benzene rings is 2. The van der Waals surface area contributed by atoms with E-state index in [1.165, 1.54) is 23.1 Å². The molecule has 4 rings (SSSR count). The van der Waals surface area contributed by atoms with E-state index in [0.29, 0.717) is 15.9 Å². The molecule has 0 unspecified atom stereocenters. The number of anilines is 1. The molecule has 1 amide bonds. The van der Waals surface area contributed by atoms with Crippen LogP contribution in [-0.4, -0.2) is 21.6 Å². The number of rotatable bonds is 5. The van der Waals surface area contributed by atoms with Crippen LogP contribution in [0.2, 0.25) is 0 Å². The Balaban J connectivity index is 1.37. The minimum atomic E-state index is -0.146. The molecule has 1 N–H and O–H groups in total. The number of hydrogen-bond acceptors (Lipinski definition) is 6. The van der Waals surface area contributed by atoms with E-state index in [1.54, 1.807) is 0 Å². The van der Waals surface area contributed by atoms with E-state index in [4.69, 9.17) is 4.42 Å². The summed E-state index contributed by atoms with van der Waals surface area (Å²) in [5.74, 6) is 0.0610. The Bertz CT molecular complexity index is 1040. The van der Waals surface area contributed by atoms with E-state index < -0.39 is 0 Å². The van der Waals surface area contributed by atoms with Gasteiger partial charge in [-0.2, -0.15) is 0 Å². The Morgan fingerprint density at radius 2 is 2.08 bits per heavy atom. The molecule has 0 aliphatic carbocycles. The number of nitrogens with zero attached hydrogens (tertiary/aromatic N) is 2. The molecule has 0 aliphatic heterocycles. The van der Waals surface area contributed by atoms with Gasteiger partial charge in [0, 0.05) is 15.4 Å². The van der Waals surface area contributed by atoms with Gasteiger partial charge in [0.15, 0.2) is 10.7 Å². The second kappa shape index (κ2) is 7.61. The van der Waals surface area contributed by atoms with Crippen molar-refractivity contribution < 1.29 is 9.21 Å². The second-order valence-corrected chi connectivity index (χ2v) is 8.03. The average Bonchev–Trinajstić information content (AvgIpc) is 3.26. The number of thiazole rings is 1. The number of para-hydroxylation sites is 2. The van der Waals surface area contributed by atoms with Crippen molar-refractivity contribution >= 4 is 61.2 Å². The molecule has 0 radical (unpaired) electrons. The van der Waals surface area contributed by atoms with E-state index in [-0.39, 0.29) is 11.7 Å². The van der Waals surface area contributed by atoms with E-state index in [0.717, 1.165) is 21.2 Å². The number of carbonyl (C=O) groups excluding carboxylic acids is 1. The summed E-state index contributed by atoms with van der Waals surface area (Å²) in [5, 5.41) is 5.79. The molecule has 0 aliphatic rings. The summed E-state index contributed by atoms with van der Waals surface area (Å²) in [6.07, 6.45) is 0. The monoisotopic (exact) mass is 445 g/mol. The van der Waals surface area contributed by atoms with Crippen LogP contribution in [0.4, 0.5) is 5.13 Å². The molecular weight excluding hydrogens is 434 g/mol. The van der Waals surface area contributed by atoms with Crippen LogP contribution in [0.3, 0.4) is 0 Å². The quantitative estimate of drug-likeness (QED) is 0.413. The molecule has 0 saturated carbocycles. The van der Waals surface area contributed by atoms with Gasteiger partial charge in [0.2, 0.25) is 5.91 Å². The lowest BCUT2D eigenvalue weighted by Crippen LogP contribution is -2.13. The summed E-state index contributed by atoms with van der Waals surface area (Å²) in [6.45, 7) is 0. The molecule has 0 spiro atoms. The van der Waals surface area contributed by atoms with Gasteiger partial charge >= 0.3 is 0 Å². The number of thioether (sulfide) groups is 1. The van der Waals surface area contributed by atoms with Gasteiger partial charge in [-0.15, -0.1) is 11.3 Å². The van der Waals surface area contributed by atoms with Crippen LogP contribution in [-0.2, 0) is 4.79 Å². The van der Waals surface area contributed by atoms with Gasteiger partial charge in [0.05, 0.1) is 11.4 Å². The zero-order valence-electron chi connectivity index (χ0n) is 13.3. The van der Waals surface area contributed by atoms with Crippen LogP contribution in [0.15, 0.2) is 68.0 Å². The Labute approximate surface area is 166 Å². The summed E-state index contributed by atoms with van der Waals surface area (Å²) >= 11 is 6.11. The molecule has 4 aromatic rings. The number of fused-ring (bicyclic) bond motifs is 1. The molecule has 2 heterocycles. The molecular formula is C18H12BrN3O2S2. The Morgan fingerprint density at radius 1 is 1.19 bits per heavy atom. The van der Waals surface area contributed by atoms with E-state index in [1.807, 2.05) is 53.9 Å². The number of halogens is 1. The first-order valence-electron chi connectivity index (χ1n) is 7.67. The third kappa shape index (κ3) is 3.98. The van der Waals surface area contributed by atoms with Crippen molar-refractivity contribution in [3.63, 3.8) is 0 Å². The SMILES string of the molecule is O=C(CSc1nc2ccccc2o1)Nc1nc(-c2cccc(Br)c2)cs1. The molecule has 2 aromatic carbocycles. The van der Waals surface area contributed by atoms with Gasteiger partial charge in [-0.25, -0.2) is 9.97 Å². The van der Waals surface area contributed by atoms with Crippen LogP contribution in [0.5, 0.6) is 0 Å². The van der Waals surface area contributed by atoms with E-state index in [9.17, 15) is 4.79 Å². The van der Waals surface area contributed by atoms with Crippen molar-refractivity contribution in [3.05, 3.63) is 58.4 Å².